The summed E-state index contributed by atoms with van der Waals surface area (Å²) >= 11 is 3.79. The molecule has 10 rings (SSSR count). The largest absolute Gasteiger partial charge is 0.377 e. The second-order valence-electron chi connectivity index (χ2n) is 23.6. The lowest BCUT2D eigenvalue weighted by atomic mass is 10.0. The molecule has 0 N–H and O–H groups in total. The lowest BCUT2D eigenvalue weighted by Crippen LogP contribution is -2.74. The molecule has 10 aromatic rings. The zero-order valence-corrected chi connectivity index (χ0v) is 59.3. The second kappa shape index (κ2) is 33.5. The van der Waals surface area contributed by atoms with E-state index >= 15 is 0 Å². The number of thioether (sulfide) groups is 3. The standard InChI is InChI=1S/C85H64N4O7S3Si/c1-60(90)97-57-75-14-8-11-67(45-75)21-17-63-29-37-82(38-30-63)100(83-39-31-64(32-40-83)18-22-68-12-9-15-76(46-68)58-98-61(2)91,84-41-33-65(34-42-84)19-23-69-13-10-16-77(47-69)59-99-62(3)92)85-43-35-66(36-44-85)20-24-70-48-71(25-27-73-51-78(86(4)5)55-80(53-73)88(93)94)50-72(49-70)26-28-74-52-79(87(6)7)56-81(54-74)89(95)96/h8-16,29-56H,57-59H2,1-7H3. The van der Waals surface area contributed by atoms with Crippen LogP contribution in [0.1, 0.15) is 104 Å². The maximum Gasteiger partial charge on any atom is 0.272 e. The molecule has 0 saturated carbocycles. The van der Waals surface area contributed by atoms with Crippen LogP contribution in [0.2, 0.25) is 0 Å². The molecule has 0 saturated heterocycles. The number of nitro groups is 2. The highest BCUT2D eigenvalue weighted by Gasteiger charge is 2.41. The molecular weight excluding hydrogens is 1310 g/mol. The number of rotatable bonds is 14. The summed E-state index contributed by atoms with van der Waals surface area (Å²) in [6, 6.07) is 72.5. The van der Waals surface area contributed by atoms with Gasteiger partial charge in [-0.25, -0.2) is 0 Å². The van der Waals surface area contributed by atoms with Gasteiger partial charge >= 0.3 is 0 Å². The predicted octanol–water partition coefficient (Wildman–Crippen LogP) is 13.8. The Bertz CT molecular complexity index is 4830. The maximum atomic E-state index is 12.0. The van der Waals surface area contributed by atoms with Crippen LogP contribution < -0.4 is 30.5 Å². The van der Waals surface area contributed by atoms with Crippen molar-refractivity contribution in [1.29, 1.82) is 0 Å². The van der Waals surface area contributed by atoms with Crippen molar-refractivity contribution in [3.05, 3.63) is 328 Å². The summed E-state index contributed by atoms with van der Waals surface area (Å²) in [6.07, 6.45) is 0. The Morgan fingerprint density at radius 3 is 0.800 bits per heavy atom. The quantitative estimate of drug-likeness (QED) is 0.0336. The Labute approximate surface area is 597 Å². The number of hydrogen-bond donors (Lipinski definition) is 0. The van der Waals surface area contributed by atoms with Crippen LogP contribution >= 0.6 is 35.3 Å². The highest BCUT2D eigenvalue weighted by atomic mass is 32.2. The minimum atomic E-state index is -3.34. The Morgan fingerprint density at radius 2 is 0.560 bits per heavy atom. The number of carbonyl (C=O) groups is 3. The zero-order chi connectivity index (χ0) is 70.7. The second-order valence-corrected chi connectivity index (χ2v) is 30.8. The van der Waals surface area contributed by atoms with Gasteiger partial charge in [0.05, 0.1) is 9.85 Å². The Hall–Kier alpha value is -11.8. The third kappa shape index (κ3) is 19.5. The minimum Gasteiger partial charge on any atom is -0.377 e. The molecule has 100 heavy (non-hydrogen) atoms. The van der Waals surface area contributed by atoms with Gasteiger partial charge in [-0.15, -0.1) is 0 Å². The van der Waals surface area contributed by atoms with Crippen molar-refractivity contribution in [2.24, 2.45) is 0 Å². The number of hydrogen-bond acceptors (Lipinski definition) is 12. The van der Waals surface area contributed by atoms with E-state index in [0.29, 0.717) is 56.5 Å². The van der Waals surface area contributed by atoms with Gasteiger partial charge in [-0.1, -0.05) is 191 Å². The van der Waals surface area contributed by atoms with Gasteiger partial charge < -0.3 is 9.80 Å². The van der Waals surface area contributed by atoms with Crippen molar-refractivity contribution < 1.29 is 24.2 Å². The zero-order valence-electron chi connectivity index (χ0n) is 55.9. The van der Waals surface area contributed by atoms with Gasteiger partial charge in [0.25, 0.3) is 11.4 Å². The topological polar surface area (TPSA) is 144 Å². The molecule has 0 heterocycles. The molecule has 0 aliphatic rings. The summed E-state index contributed by atoms with van der Waals surface area (Å²) in [5.74, 6) is 41.4. The molecule has 0 amide bonds. The first-order valence-corrected chi connectivity index (χ1v) is 36.5. The molecule has 0 bridgehead atoms. The monoisotopic (exact) mass is 1380 g/mol. The Morgan fingerprint density at radius 1 is 0.320 bits per heavy atom. The van der Waals surface area contributed by atoms with E-state index in [-0.39, 0.29) is 26.7 Å². The molecule has 0 radical (unpaired) electrons. The summed E-state index contributed by atoms with van der Waals surface area (Å²) < 4.78 is 0. The summed E-state index contributed by atoms with van der Waals surface area (Å²) in [4.78, 5) is 62.0. The van der Waals surface area contributed by atoms with Crippen LogP contribution in [0.5, 0.6) is 0 Å². The summed E-state index contributed by atoms with van der Waals surface area (Å²) in [5.41, 5.74) is 12.3. The molecule has 0 aromatic heterocycles. The highest BCUT2D eigenvalue weighted by molar-refractivity contribution is 8.13. The van der Waals surface area contributed by atoms with E-state index in [4.69, 9.17) is 0 Å². The number of anilines is 2. The molecule has 0 atom stereocenters. The summed E-state index contributed by atoms with van der Waals surface area (Å²) in [5, 5.41) is 28.4. The average Bonchev–Trinajstić information content (AvgIpc) is 0.732. The van der Waals surface area contributed by atoms with Crippen molar-refractivity contribution in [1.82, 2.24) is 0 Å². The molecule has 0 aliphatic heterocycles. The minimum absolute atomic E-state index is 0.0543. The molecule has 0 spiro atoms. The fraction of sp³-hybridized carbons (Fsp3) is 0.118. The van der Waals surface area contributed by atoms with E-state index in [2.05, 4.69) is 156 Å². The van der Waals surface area contributed by atoms with E-state index < -0.39 is 17.9 Å². The van der Waals surface area contributed by atoms with Crippen molar-refractivity contribution in [2.75, 3.05) is 38.0 Å². The molecule has 488 valence electrons. The third-order valence-electron chi connectivity index (χ3n) is 15.7. The number of nitrogens with zero attached hydrogens (tertiary/aromatic N) is 4. The normalized spacial score (nSPS) is 10.4. The van der Waals surface area contributed by atoms with Gasteiger partial charge in [0.15, 0.2) is 23.4 Å². The van der Waals surface area contributed by atoms with E-state index in [1.54, 1.807) is 77.0 Å². The maximum absolute atomic E-state index is 12.0. The molecule has 0 unspecified atom stereocenters. The molecule has 0 fully saturated rings. The van der Waals surface area contributed by atoms with Crippen molar-refractivity contribution in [2.45, 2.75) is 38.0 Å². The molecule has 10 aromatic carbocycles. The van der Waals surface area contributed by atoms with Gasteiger partial charge in [-0.05, 0) is 153 Å². The van der Waals surface area contributed by atoms with E-state index in [1.165, 1.54) is 59.6 Å². The molecular formula is C85H64N4O7S3Si. The number of nitro benzene ring substituents is 2. The van der Waals surface area contributed by atoms with Crippen molar-refractivity contribution >= 4 is 102 Å². The van der Waals surface area contributed by atoms with E-state index in [1.807, 2.05) is 97.1 Å². The SMILES string of the molecule is CC(=O)SCc1cccc(C#Cc2ccc([Si](c3ccc(C#Cc4cc(C#Cc5cc(N(C)C)cc([N+](=O)[O-])c5)cc(C#Cc5cc(N(C)C)cc([N+](=O)[O-])c5)c4)cc3)(c3ccc(C#Cc4cccc(CSC(C)=O)c4)cc3)c3ccc(C#Cc4cccc(CSC(C)=O)c4)cc3)cc2)c1. The van der Waals surface area contributed by atoms with Crippen LogP contribution in [-0.4, -0.2) is 61.5 Å². The van der Waals surface area contributed by atoms with Gasteiger partial charge in [0.2, 0.25) is 0 Å². The average molecular weight is 1380 g/mol. The van der Waals surface area contributed by atoms with Crippen LogP contribution in [0.25, 0.3) is 0 Å². The van der Waals surface area contributed by atoms with Gasteiger partial charge in [-0.3, -0.25) is 34.6 Å². The molecule has 0 aliphatic carbocycles. The van der Waals surface area contributed by atoms with Gasteiger partial charge in [-0.2, -0.15) is 0 Å². The Kier molecular flexibility index (Phi) is 23.8. The number of carbonyl (C=O) groups excluding carboxylic acids is 3. The predicted molar refractivity (Wildman–Crippen MR) is 412 cm³/mol. The van der Waals surface area contributed by atoms with Crippen LogP contribution in [0.4, 0.5) is 22.7 Å². The molecule has 11 nitrogen and oxygen atoms in total. The van der Waals surface area contributed by atoms with Crippen molar-refractivity contribution in [3.8, 4) is 71.0 Å². The van der Waals surface area contributed by atoms with Crippen LogP contribution in [0, 0.1) is 91.3 Å². The summed E-state index contributed by atoms with van der Waals surface area (Å²) in [7, 11) is 3.86. The van der Waals surface area contributed by atoms with Crippen LogP contribution in [0.15, 0.2) is 224 Å². The van der Waals surface area contributed by atoms with Crippen LogP contribution in [-0.2, 0) is 31.6 Å². The first-order chi connectivity index (χ1) is 48.2. The lowest BCUT2D eigenvalue weighted by Gasteiger charge is -2.34. The lowest BCUT2D eigenvalue weighted by molar-refractivity contribution is -0.385. The van der Waals surface area contributed by atoms with Crippen LogP contribution in [0.3, 0.4) is 0 Å². The fourth-order valence-electron chi connectivity index (χ4n) is 10.8. The first kappa shape index (κ1) is 71.0. The van der Waals surface area contributed by atoms with Crippen molar-refractivity contribution in [3.63, 3.8) is 0 Å². The van der Waals surface area contributed by atoms with E-state index in [0.717, 1.165) is 76.4 Å². The van der Waals surface area contributed by atoms with Gasteiger partial charge in [0, 0.05) is 169 Å². The molecule has 15 heteroatoms. The summed E-state index contributed by atoms with van der Waals surface area (Å²) in [6.45, 7) is 4.70. The highest BCUT2D eigenvalue weighted by Crippen LogP contribution is 2.26. The smallest absolute Gasteiger partial charge is 0.272 e. The fourth-order valence-corrected chi connectivity index (χ4v) is 17.1. The van der Waals surface area contributed by atoms with E-state index in [9.17, 15) is 34.6 Å². The third-order valence-corrected chi connectivity index (χ3v) is 23.1. The number of non-ortho nitro benzene ring substituents is 2. The Balaban J connectivity index is 1.10. The number of benzene rings is 10. The van der Waals surface area contributed by atoms with Gasteiger partial charge in [0.1, 0.15) is 0 Å². The first-order valence-electron chi connectivity index (χ1n) is 31.5.